The maximum Gasteiger partial charge on any atom is 0.243 e. The highest BCUT2D eigenvalue weighted by atomic mass is 32.2. The van der Waals surface area contributed by atoms with E-state index in [9.17, 15) is 17.2 Å². The second-order valence-corrected chi connectivity index (χ2v) is 5.80. The van der Waals surface area contributed by atoms with Crippen LogP contribution >= 0.6 is 0 Å². The van der Waals surface area contributed by atoms with Crippen molar-refractivity contribution in [2.45, 2.75) is 18.0 Å². The van der Waals surface area contributed by atoms with Crippen LogP contribution < -0.4 is 4.72 Å². The molecule has 2 rings (SSSR count). The topological polar surface area (TPSA) is 97.1 Å². The Morgan fingerprint density at radius 1 is 1.33 bits per heavy atom. The molecule has 10 heteroatoms. The van der Waals surface area contributed by atoms with E-state index in [1.165, 1.54) is 17.1 Å². The molecule has 0 aliphatic carbocycles. The van der Waals surface area contributed by atoms with Crippen molar-refractivity contribution in [2.75, 3.05) is 6.54 Å². The van der Waals surface area contributed by atoms with Gasteiger partial charge in [-0.2, -0.15) is 0 Å². The minimum absolute atomic E-state index is 0.0447. The largest absolute Gasteiger partial charge is 0.391 e. The van der Waals surface area contributed by atoms with E-state index < -0.39 is 38.7 Å². The van der Waals surface area contributed by atoms with Crippen molar-refractivity contribution in [3.05, 3.63) is 41.7 Å². The molecule has 0 saturated heterocycles. The molecule has 0 atom stereocenters. The van der Waals surface area contributed by atoms with Crippen LogP contribution in [-0.2, 0) is 23.2 Å². The summed E-state index contributed by atoms with van der Waals surface area (Å²) in [6, 6.07) is 1.60. The lowest BCUT2D eigenvalue weighted by Crippen LogP contribution is -2.28. The molecule has 0 fully saturated rings. The van der Waals surface area contributed by atoms with Gasteiger partial charge in [-0.05, 0) is 12.1 Å². The standard InChI is InChI=1S/C11H12F2N4O3S/c12-9-1-2-10(11(13)8(9)7-18)21(19,20)15-4-6-17-5-3-14-16-17/h1-3,5,15,18H,4,6-7H2. The van der Waals surface area contributed by atoms with E-state index in [1.807, 2.05) is 0 Å². The van der Waals surface area contributed by atoms with E-state index >= 15 is 0 Å². The van der Waals surface area contributed by atoms with Crippen molar-refractivity contribution in [1.82, 2.24) is 19.7 Å². The molecular weight excluding hydrogens is 306 g/mol. The van der Waals surface area contributed by atoms with Gasteiger partial charge in [-0.1, -0.05) is 5.21 Å². The normalized spacial score (nSPS) is 11.8. The van der Waals surface area contributed by atoms with Gasteiger partial charge in [-0.3, -0.25) is 4.68 Å². The number of halogens is 2. The number of hydrogen-bond donors (Lipinski definition) is 2. The molecular formula is C11H12F2N4O3S. The Balaban J connectivity index is 2.16. The van der Waals surface area contributed by atoms with Crippen molar-refractivity contribution in [3.63, 3.8) is 0 Å². The van der Waals surface area contributed by atoms with Crippen molar-refractivity contribution >= 4 is 10.0 Å². The quantitative estimate of drug-likeness (QED) is 0.783. The fraction of sp³-hybridized carbons (Fsp3) is 0.273. The minimum Gasteiger partial charge on any atom is -0.391 e. The number of nitrogens with zero attached hydrogens (tertiary/aromatic N) is 3. The van der Waals surface area contributed by atoms with Crippen LogP contribution in [-0.4, -0.2) is 35.1 Å². The van der Waals surface area contributed by atoms with Gasteiger partial charge < -0.3 is 5.11 Å². The summed E-state index contributed by atoms with van der Waals surface area (Å²) in [4.78, 5) is -0.716. The Kier molecular flexibility index (Phi) is 4.60. The Labute approximate surface area is 119 Å². The number of sulfonamides is 1. The van der Waals surface area contributed by atoms with Crippen LogP contribution in [0, 0.1) is 11.6 Å². The molecule has 1 aromatic carbocycles. The lowest BCUT2D eigenvalue weighted by Gasteiger charge is -2.10. The van der Waals surface area contributed by atoms with E-state index in [4.69, 9.17) is 5.11 Å². The zero-order chi connectivity index (χ0) is 15.5. The van der Waals surface area contributed by atoms with Gasteiger partial charge in [0.2, 0.25) is 10.0 Å². The number of rotatable bonds is 6. The number of hydrogen-bond acceptors (Lipinski definition) is 5. The average molecular weight is 318 g/mol. The number of aliphatic hydroxyl groups is 1. The van der Waals surface area contributed by atoms with Gasteiger partial charge in [0.05, 0.1) is 24.9 Å². The first kappa shape index (κ1) is 15.5. The lowest BCUT2D eigenvalue weighted by molar-refractivity contribution is 0.267. The predicted octanol–water partition coefficient (Wildman–Crippen LogP) is 0.0271. The molecule has 1 heterocycles. The lowest BCUT2D eigenvalue weighted by atomic mass is 10.2. The summed E-state index contributed by atoms with van der Waals surface area (Å²) in [6.45, 7) is -0.772. The first-order chi connectivity index (χ1) is 9.95. The fourth-order valence-corrected chi connectivity index (χ4v) is 2.77. The number of aromatic nitrogens is 3. The molecule has 2 N–H and O–H groups in total. The van der Waals surface area contributed by atoms with Crippen molar-refractivity contribution in [1.29, 1.82) is 0 Å². The van der Waals surface area contributed by atoms with Crippen LogP contribution in [0.5, 0.6) is 0 Å². The summed E-state index contributed by atoms with van der Waals surface area (Å²) in [5.74, 6) is -2.30. The molecule has 0 unspecified atom stereocenters. The Morgan fingerprint density at radius 2 is 2.10 bits per heavy atom. The highest BCUT2D eigenvalue weighted by molar-refractivity contribution is 7.89. The number of nitrogens with one attached hydrogen (secondary N) is 1. The van der Waals surface area contributed by atoms with Gasteiger partial charge in [0, 0.05) is 12.7 Å². The third kappa shape index (κ3) is 3.40. The SMILES string of the molecule is O=S(=O)(NCCn1ccnn1)c1ccc(F)c(CO)c1F. The molecule has 2 aromatic rings. The van der Waals surface area contributed by atoms with Gasteiger partial charge in [-0.15, -0.1) is 5.10 Å². The van der Waals surface area contributed by atoms with Crippen LogP contribution in [0.2, 0.25) is 0 Å². The van der Waals surface area contributed by atoms with E-state index in [1.54, 1.807) is 0 Å². The first-order valence-corrected chi connectivity index (χ1v) is 7.35. The molecule has 7 nitrogen and oxygen atoms in total. The number of benzene rings is 1. The molecule has 0 saturated carbocycles. The second-order valence-electron chi connectivity index (χ2n) is 4.06. The van der Waals surface area contributed by atoms with Gasteiger partial charge in [-0.25, -0.2) is 21.9 Å². The third-order valence-electron chi connectivity index (χ3n) is 2.70. The molecule has 0 aliphatic rings. The van der Waals surface area contributed by atoms with E-state index in [0.29, 0.717) is 0 Å². The highest BCUT2D eigenvalue weighted by Gasteiger charge is 2.22. The summed E-state index contributed by atoms with van der Waals surface area (Å²) in [6.07, 6.45) is 2.97. The van der Waals surface area contributed by atoms with Gasteiger partial charge in [0.25, 0.3) is 0 Å². The van der Waals surface area contributed by atoms with Crippen molar-refractivity contribution < 1.29 is 22.3 Å². The molecule has 0 amide bonds. The highest BCUT2D eigenvalue weighted by Crippen LogP contribution is 2.20. The van der Waals surface area contributed by atoms with Crippen molar-refractivity contribution in [3.8, 4) is 0 Å². The minimum atomic E-state index is -4.16. The summed E-state index contributed by atoms with van der Waals surface area (Å²) >= 11 is 0. The van der Waals surface area contributed by atoms with Gasteiger partial charge in [0.1, 0.15) is 10.7 Å². The monoisotopic (exact) mass is 318 g/mol. The smallest absolute Gasteiger partial charge is 0.243 e. The van der Waals surface area contributed by atoms with Crippen LogP contribution in [0.25, 0.3) is 0 Å². The predicted molar refractivity (Wildman–Crippen MR) is 67.5 cm³/mol. The average Bonchev–Trinajstić information content (AvgIpc) is 2.92. The molecule has 0 radical (unpaired) electrons. The third-order valence-corrected chi connectivity index (χ3v) is 4.18. The van der Waals surface area contributed by atoms with E-state index in [-0.39, 0.29) is 13.1 Å². The van der Waals surface area contributed by atoms with Crippen molar-refractivity contribution in [2.24, 2.45) is 0 Å². The number of aliphatic hydroxyl groups excluding tert-OH is 1. The molecule has 0 bridgehead atoms. The molecule has 0 spiro atoms. The molecule has 0 aliphatic heterocycles. The van der Waals surface area contributed by atoms with E-state index in [2.05, 4.69) is 15.0 Å². The summed E-state index contributed by atoms with van der Waals surface area (Å²) in [5, 5.41) is 16.1. The zero-order valence-electron chi connectivity index (χ0n) is 10.7. The van der Waals surface area contributed by atoms with Crippen LogP contribution in [0.15, 0.2) is 29.4 Å². The Hall–Kier alpha value is -1.91. The molecule has 21 heavy (non-hydrogen) atoms. The van der Waals surface area contributed by atoms with Gasteiger partial charge >= 0.3 is 0 Å². The first-order valence-electron chi connectivity index (χ1n) is 5.87. The maximum absolute atomic E-state index is 13.9. The van der Waals surface area contributed by atoms with Gasteiger partial charge in [0.15, 0.2) is 5.82 Å². The summed E-state index contributed by atoms with van der Waals surface area (Å²) in [5.41, 5.74) is -0.686. The summed E-state index contributed by atoms with van der Waals surface area (Å²) in [7, 11) is -4.16. The Bertz CT molecular complexity index is 719. The maximum atomic E-state index is 13.9. The Morgan fingerprint density at radius 3 is 2.71 bits per heavy atom. The second kappa shape index (κ2) is 6.24. The van der Waals surface area contributed by atoms with Crippen LogP contribution in [0.1, 0.15) is 5.56 Å². The zero-order valence-corrected chi connectivity index (χ0v) is 11.5. The van der Waals surface area contributed by atoms with Crippen LogP contribution in [0.4, 0.5) is 8.78 Å². The van der Waals surface area contributed by atoms with Crippen LogP contribution in [0.3, 0.4) is 0 Å². The molecule has 114 valence electrons. The molecule has 1 aromatic heterocycles. The summed E-state index contributed by atoms with van der Waals surface area (Å²) < 4.78 is 54.6. The fourth-order valence-electron chi connectivity index (χ4n) is 1.65. The van der Waals surface area contributed by atoms with E-state index in [0.717, 1.165) is 12.1 Å².